The van der Waals surface area contributed by atoms with Gasteiger partial charge >= 0.3 is 0 Å². The summed E-state index contributed by atoms with van der Waals surface area (Å²) in [5.74, 6) is 1.04. The molecule has 144 valence electrons. The Morgan fingerprint density at radius 1 is 1.18 bits per heavy atom. The van der Waals surface area contributed by atoms with Crippen LogP contribution in [0.3, 0.4) is 0 Å². The maximum absolute atomic E-state index is 13.1. The molecule has 0 saturated carbocycles. The van der Waals surface area contributed by atoms with E-state index in [-0.39, 0.29) is 5.82 Å². The largest absolute Gasteiger partial charge is 0.383 e. The predicted molar refractivity (Wildman–Crippen MR) is 106 cm³/mol. The predicted octanol–water partition coefficient (Wildman–Crippen LogP) is 4.82. The zero-order valence-electron chi connectivity index (χ0n) is 14.9. The number of rotatable bonds is 7. The van der Waals surface area contributed by atoms with E-state index in [2.05, 4.69) is 19.7 Å². The Bertz CT molecular complexity index is 1100. The molecule has 0 spiro atoms. The van der Waals surface area contributed by atoms with Crippen LogP contribution in [0.2, 0.25) is 5.02 Å². The molecule has 0 radical (unpaired) electrons. The SMILES string of the molecule is COCCn1c(SCc2nc(-c3ccc(F)cc3)no2)nc2cc(Cl)ccc21. The Kier molecular flexibility index (Phi) is 5.61. The van der Waals surface area contributed by atoms with Gasteiger partial charge in [-0.15, -0.1) is 0 Å². The molecule has 0 atom stereocenters. The molecule has 0 bridgehead atoms. The summed E-state index contributed by atoms with van der Waals surface area (Å²) >= 11 is 7.58. The first-order valence-electron chi connectivity index (χ1n) is 8.50. The fourth-order valence-corrected chi connectivity index (χ4v) is 3.79. The summed E-state index contributed by atoms with van der Waals surface area (Å²) < 4.78 is 25.7. The number of hydrogen-bond donors (Lipinski definition) is 0. The highest BCUT2D eigenvalue weighted by molar-refractivity contribution is 7.98. The molecule has 2 heterocycles. The Morgan fingerprint density at radius 2 is 2.00 bits per heavy atom. The second-order valence-electron chi connectivity index (χ2n) is 5.98. The molecule has 9 heteroatoms. The Hall–Kier alpha value is -2.42. The van der Waals surface area contributed by atoms with E-state index < -0.39 is 0 Å². The minimum atomic E-state index is -0.307. The van der Waals surface area contributed by atoms with Crippen molar-refractivity contribution in [2.75, 3.05) is 13.7 Å². The molecule has 2 aromatic heterocycles. The third-order valence-electron chi connectivity index (χ3n) is 4.09. The van der Waals surface area contributed by atoms with Crippen LogP contribution in [0.1, 0.15) is 5.89 Å². The van der Waals surface area contributed by atoms with E-state index in [1.807, 2.05) is 18.2 Å². The third kappa shape index (κ3) is 4.04. The summed E-state index contributed by atoms with van der Waals surface area (Å²) in [7, 11) is 1.66. The fraction of sp³-hybridized carbons (Fsp3) is 0.211. The Balaban J connectivity index is 1.54. The number of nitrogens with zero attached hydrogens (tertiary/aromatic N) is 4. The van der Waals surface area contributed by atoms with Gasteiger partial charge in [-0.2, -0.15) is 4.98 Å². The molecular formula is C19H16ClFN4O2S. The van der Waals surface area contributed by atoms with Crippen LogP contribution in [-0.4, -0.2) is 33.4 Å². The van der Waals surface area contributed by atoms with Gasteiger partial charge in [0, 0.05) is 24.2 Å². The highest BCUT2D eigenvalue weighted by Gasteiger charge is 2.15. The molecule has 0 fully saturated rings. The number of benzene rings is 2. The van der Waals surface area contributed by atoms with Gasteiger partial charge in [0.15, 0.2) is 5.16 Å². The summed E-state index contributed by atoms with van der Waals surface area (Å²) in [6.45, 7) is 1.23. The minimum Gasteiger partial charge on any atom is -0.383 e. The molecule has 0 aliphatic heterocycles. The van der Waals surface area contributed by atoms with Gasteiger partial charge in [0.05, 0.1) is 23.4 Å². The van der Waals surface area contributed by atoms with Gasteiger partial charge in [-0.05, 0) is 42.5 Å². The molecule has 0 aliphatic carbocycles. The van der Waals surface area contributed by atoms with Crippen molar-refractivity contribution >= 4 is 34.4 Å². The van der Waals surface area contributed by atoms with Crippen LogP contribution in [-0.2, 0) is 17.0 Å². The number of aromatic nitrogens is 4. The quantitative estimate of drug-likeness (QED) is 0.401. The number of ether oxygens (including phenoxy) is 1. The van der Waals surface area contributed by atoms with Gasteiger partial charge in [-0.1, -0.05) is 28.5 Å². The number of halogens is 2. The third-order valence-corrected chi connectivity index (χ3v) is 5.29. The topological polar surface area (TPSA) is 66.0 Å². The zero-order valence-corrected chi connectivity index (χ0v) is 16.5. The number of thioether (sulfide) groups is 1. The molecule has 0 saturated heterocycles. The minimum absolute atomic E-state index is 0.307. The smallest absolute Gasteiger partial charge is 0.237 e. The van der Waals surface area contributed by atoms with Crippen molar-refractivity contribution in [1.82, 2.24) is 19.7 Å². The molecular weight excluding hydrogens is 403 g/mol. The van der Waals surface area contributed by atoms with Gasteiger partial charge in [0.1, 0.15) is 5.82 Å². The van der Waals surface area contributed by atoms with E-state index in [1.54, 1.807) is 19.2 Å². The lowest BCUT2D eigenvalue weighted by atomic mass is 10.2. The average molecular weight is 419 g/mol. The molecule has 2 aromatic carbocycles. The molecule has 0 N–H and O–H groups in total. The second kappa shape index (κ2) is 8.30. The average Bonchev–Trinajstić information content (AvgIpc) is 3.29. The standard InChI is InChI=1S/C19H16ClFN4O2S/c1-26-9-8-25-16-7-4-13(20)10-15(16)22-19(25)28-11-17-23-18(24-27-17)12-2-5-14(21)6-3-12/h2-7,10H,8-9,11H2,1H3. The number of fused-ring (bicyclic) bond motifs is 1. The summed E-state index contributed by atoms with van der Waals surface area (Å²) in [5.41, 5.74) is 2.51. The van der Waals surface area contributed by atoms with E-state index in [0.29, 0.717) is 41.2 Å². The van der Waals surface area contributed by atoms with E-state index in [0.717, 1.165) is 16.2 Å². The van der Waals surface area contributed by atoms with Gasteiger partial charge in [0.2, 0.25) is 11.7 Å². The lowest BCUT2D eigenvalue weighted by Gasteiger charge is -2.07. The van der Waals surface area contributed by atoms with Gasteiger partial charge in [0.25, 0.3) is 0 Å². The maximum Gasteiger partial charge on any atom is 0.237 e. The van der Waals surface area contributed by atoms with Crippen LogP contribution >= 0.6 is 23.4 Å². The first-order chi connectivity index (χ1) is 13.6. The highest BCUT2D eigenvalue weighted by atomic mass is 35.5. The van der Waals surface area contributed by atoms with Crippen LogP contribution in [0.4, 0.5) is 4.39 Å². The van der Waals surface area contributed by atoms with E-state index in [4.69, 9.17) is 20.9 Å². The normalized spacial score (nSPS) is 11.4. The fourth-order valence-electron chi connectivity index (χ4n) is 2.75. The molecule has 28 heavy (non-hydrogen) atoms. The number of imidazole rings is 1. The van der Waals surface area contributed by atoms with Crippen molar-refractivity contribution in [2.24, 2.45) is 0 Å². The van der Waals surface area contributed by atoms with Crippen LogP contribution in [0.15, 0.2) is 52.1 Å². The van der Waals surface area contributed by atoms with E-state index >= 15 is 0 Å². The lowest BCUT2D eigenvalue weighted by molar-refractivity contribution is 0.186. The summed E-state index contributed by atoms with van der Waals surface area (Å²) in [5, 5.41) is 5.42. The number of hydrogen-bond acceptors (Lipinski definition) is 6. The first-order valence-corrected chi connectivity index (χ1v) is 9.86. The Morgan fingerprint density at radius 3 is 2.79 bits per heavy atom. The van der Waals surface area contributed by atoms with Gasteiger partial charge < -0.3 is 13.8 Å². The van der Waals surface area contributed by atoms with Crippen LogP contribution in [0.5, 0.6) is 0 Å². The van der Waals surface area contributed by atoms with Crippen molar-refractivity contribution in [1.29, 1.82) is 0 Å². The number of methoxy groups -OCH3 is 1. The lowest BCUT2D eigenvalue weighted by Crippen LogP contribution is -2.05. The second-order valence-corrected chi connectivity index (χ2v) is 7.36. The summed E-state index contributed by atoms with van der Waals surface area (Å²) in [6.07, 6.45) is 0. The van der Waals surface area contributed by atoms with Crippen molar-refractivity contribution in [3.63, 3.8) is 0 Å². The zero-order chi connectivity index (χ0) is 19.5. The maximum atomic E-state index is 13.1. The summed E-state index contributed by atoms with van der Waals surface area (Å²) in [4.78, 5) is 9.05. The van der Waals surface area contributed by atoms with Crippen molar-refractivity contribution < 1.29 is 13.7 Å². The van der Waals surface area contributed by atoms with Crippen molar-refractivity contribution in [3.8, 4) is 11.4 Å². The molecule has 4 rings (SSSR count). The molecule has 6 nitrogen and oxygen atoms in total. The molecule has 4 aromatic rings. The van der Waals surface area contributed by atoms with Crippen LogP contribution < -0.4 is 0 Å². The van der Waals surface area contributed by atoms with Crippen LogP contribution in [0.25, 0.3) is 22.4 Å². The van der Waals surface area contributed by atoms with E-state index in [1.165, 1.54) is 23.9 Å². The molecule has 0 amide bonds. The first kappa shape index (κ1) is 18.9. The molecule has 0 unspecified atom stereocenters. The van der Waals surface area contributed by atoms with Gasteiger partial charge in [-0.3, -0.25) is 0 Å². The highest BCUT2D eigenvalue weighted by Crippen LogP contribution is 2.28. The monoisotopic (exact) mass is 418 g/mol. The van der Waals surface area contributed by atoms with Crippen molar-refractivity contribution in [3.05, 3.63) is 59.2 Å². The van der Waals surface area contributed by atoms with E-state index in [9.17, 15) is 4.39 Å². The van der Waals surface area contributed by atoms with Gasteiger partial charge in [-0.25, -0.2) is 9.37 Å². The van der Waals surface area contributed by atoms with Crippen LogP contribution in [0, 0.1) is 5.82 Å². The molecule has 0 aliphatic rings. The van der Waals surface area contributed by atoms with Crippen molar-refractivity contribution in [2.45, 2.75) is 17.5 Å². The Labute approximate surface area is 169 Å². The summed E-state index contributed by atoms with van der Waals surface area (Å²) in [6, 6.07) is 11.6.